The number of para-hydroxylation sites is 1. The molecule has 0 amide bonds. The van der Waals surface area contributed by atoms with Crippen molar-refractivity contribution in [1.82, 2.24) is 9.78 Å². The maximum absolute atomic E-state index is 10.7. The molecule has 0 fully saturated rings. The van der Waals surface area contributed by atoms with E-state index in [1.807, 2.05) is 36.5 Å². The number of carbonyl (C=O) groups is 1. The molecule has 0 unspecified atom stereocenters. The first-order chi connectivity index (χ1) is 10.4. The van der Waals surface area contributed by atoms with Gasteiger partial charge in [-0.1, -0.05) is 12.1 Å². The lowest BCUT2D eigenvalue weighted by Crippen LogP contribution is -2.08. The minimum atomic E-state index is 0.302. The Bertz CT molecular complexity index is 717. The molecule has 0 bridgehead atoms. The number of benzene rings is 1. The quantitative estimate of drug-likeness (QED) is 0.652. The second kappa shape index (κ2) is 6.09. The highest BCUT2D eigenvalue weighted by atomic mass is 16.5. The van der Waals surface area contributed by atoms with Gasteiger partial charge in [-0.05, 0) is 30.3 Å². The minimum absolute atomic E-state index is 0.302. The van der Waals surface area contributed by atoms with Crippen molar-refractivity contribution in [3.8, 4) is 17.1 Å². The average Bonchev–Trinajstić information content (AvgIpc) is 3.19. The maximum Gasteiger partial charge on any atom is 0.185 e. The van der Waals surface area contributed by atoms with Gasteiger partial charge in [-0.15, -0.1) is 0 Å². The SMILES string of the molecule is O=Cc1ccc(-c2ccccc2OCCn2cccn2)o1. The summed E-state index contributed by atoms with van der Waals surface area (Å²) in [5.41, 5.74) is 0.825. The van der Waals surface area contributed by atoms with Crippen LogP contribution in [-0.4, -0.2) is 22.7 Å². The number of aldehydes is 1. The molecule has 3 rings (SSSR count). The van der Waals surface area contributed by atoms with Gasteiger partial charge < -0.3 is 9.15 Å². The fourth-order valence-electron chi connectivity index (χ4n) is 2.04. The van der Waals surface area contributed by atoms with Crippen molar-refractivity contribution in [3.05, 3.63) is 60.6 Å². The zero-order chi connectivity index (χ0) is 14.5. The minimum Gasteiger partial charge on any atom is -0.491 e. The molecule has 2 aromatic heterocycles. The van der Waals surface area contributed by atoms with Gasteiger partial charge in [0.15, 0.2) is 12.0 Å². The standard InChI is InChI=1S/C16H14N2O3/c19-12-13-6-7-16(21-13)14-4-1-2-5-15(14)20-11-10-18-9-3-8-17-18/h1-9,12H,10-11H2. The first-order valence-electron chi connectivity index (χ1n) is 6.61. The summed E-state index contributed by atoms with van der Waals surface area (Å²) >= 11 is 0. The smallest absolute Gasteiger partial charge is 0.185 e. The number of hydrogen-bond donors (Lipinski definition) is 0. The van der Waals surface area contributed by atoms with E-state index in [-0.39, 0.29) is 0 Å². The molecular weight excluding hydrogens is 268 g/mol. The van der Waals surface area contributed by atoms with Gasteiger partial charge in [-0.3, -0.25) is 9.48 Å². The highest BCUT2D eigenvalue weighted by molar-refractivity contribution is 5.74. The van der Waals surface area contributed by atoms with Crippen molar-refractivity contribution >= 4 is 6.29 Å². The van der Waals surface area contributed by atoms with E-state index in [1.54, 1.807) is 23.0 Å². The summed E-state index contributed by atoms with van der Waals surface area (Å²) in [6, 6.07) is 12.9. The molecule has 3 aromatic rings. The summed E-state index contributed by atoms with van der Waals surface area (Å²) < 4.78 is 13.1. The van der Waals surface area contributed by atoms with Crippen molar-refractivity contribution in [2.24, 2.45) is 0 Å². The van der Waals surface area contributed by atoms with Gasteiger partial charge in [0.25, 0.3) is 0 Å². The third kappa shape index (κ3) is 3.02. The highest BCUT2D eigenvalue weighted by Crippen LogP contribution is 2.30. The normalized spacial score (nSPS) is 10.5. The molecule has 1 aromatic carbocycles. The van der Waals surface area contributed by atoms with Gasteiger partial charge >= 0.3 is 0 Å². The summed E-state index contributed by atoms with van der Waals surface area (Å²) in [6.45, 7) is 1.17. The zero-order valence-corrected chi connectivity index (χ0v) is 11.3. The van der Waals surface area contributed by atoms with Crippen molar-refractivity contribution in [1.29, 1.82) is 0 Å². The molecule has 0 aliphatic rings. The number of ether oxygens (including phenoxy) is 1. The van der Waals surface area contributed by atoms with Crippen molar-refractivity contribution < 1.29 is 13.9 Å². The summed E-state index contributed by atoms with van der Waals surface area (Å²) in [7, 11) is 0. The van der Waals surface area contributed by atoms with Crippen LogP contribution in [0.3, 0.4) is 0 Å². The highest BCUT2D eigenvalue weighted by Gasteiger charge is 2.10. The number of furan rings is 1. The number of aromatic nitrogens is 2. The Balaban J connectivity index is 1.74. The summed E-state index contributed by atoms with van der Waals surface area (Å²) in [6.07, 6.45) is 4.31. The number of hydrogen-bond acceptors (Lipinski definition) is 4. The topological polar surface area (TPSA) is 57.3 Å². The first kappa shape index (κ1) is 13.2. The number of rotatable bonds is 6. The lowest BCUT2D eigenvalue weighted by molar-refractivity contribution is 0.110. The molecule has 0 radical (unpaired) electrons. The summed E-state index contributed by atoms with van der Waals surface area (Å²) in [5, 5.41) is 4.12. The second-order valence-corrected chi connectivity index (χ2v) is 4.43. The van der Waals surface area contributed by atoms with E-state index in [2.05, 4.69) is 5.10 Å². The van der Waals surface area contributed by atoms with Gasteiger partial charge in [0, 0.05) is 12.4 Å². The van der Waals surface area contributed by atoms with E-state index in [9.17, 15) is 4.79 Å². The third-order valence-electron chi connectivity index (χ3n) is 3.03. The Morgan fingerprint density at radius 1 is 1.19 bits per heavy atom. The van der Waals surface area contributed by atoms with Crippen LogP contribution in [0, 0.1) is 0 Å². The fourth-order valence-corrected chi connectivity index (χ4v) is 2.04. The van der Waals surface area contributed by atoms with Crippen LogP contribution in [0.5, 0.6) is 5.75 Å². The first-order valence-corrected chi connectivity index (χ1v) is 6.61. The molecule has 5 nitrogen and oxygen atoms in total. The Kier molecular flexibility index (Phi) is 3.82. The molecule has 106 valence electrons. The Morgan fingerprint density at radius 2 is 2.10 bits per heavy atom. The average molecular weight is 282 g/mol. The Hall–Kier alpha value is -2.82. The Morgan fingerprint density at radius 3 is 2.86 bits per heavy atom. The van der Waals surface area contributed by atoms with Crippen LogP contribution >= 0.6 is 0 Å². The maximum atomic E-state index is 10.7. The van der Waals surface area contributed by atoms with Crippen LogP contribution in [0.1, 0.15) is 10.6 Å². The van der Waals surface area contributed by atoms with E-state index in [0.29, 0.717) is 31.0 Å². The Labute approximate surface area is 121 Å². The largest absolute Gasteiger partial charge is 0.491 e. The van der Waals surface area contributed by atoms with Gasteiger partial charge in [-0.2, -0.15) is 5.10 Å². The number of carbonyl (C=O) groups excluding carboxylic acids is 1. The van der Waals surface area contributed by atoms with Gasteiger partial charge in [0.2, 0.25) is 0 Å². The van der Waals surface area contributed by atoms with Gasteiger partial charge in [0.05, 0.1) is 12.1 Å². The van der Waals surface area contributed by atoms with E-state index in [1.165, 1.54) is 0 Å². The molecule has 0 aliphatic carbocycles. The second-order valence-electron chi connectivity index (χ2n) is 4.43. The number of nitrogens with zero attached hydrogens (tertiary/aromatic N) is 2. The molecule has 0 spiro atoms. The summed E-state index contributed by atoms with van der Waals surface area (Å²) in [5.74, 6) is 1.64. The molecule has 0 saturated heterocycles. The van der Waals surface area contributed by atoms with E-state index in [4.69, 9.17) is 9.15 Å². The van der Waals surface area contributed by atoms with Crippen LogP contribution in [0.15, 0.2) is 59.3 Å². The van der Waals surface area contributed by atoms with Gasteiger partial charge in [0.1, 0.15) is 18.1 Å². The van der Waals surface area contributed by atoms with E-state index < -0.39 is 0 Å². The molecule has 0 N–H and O–H groups in total. The van der Waals surface area contributed by atoms with Crippen LogP contribution in [-0.2, 0) is 6.54 Å². The molecule has 0 saturated carbocycles. The monoisotopic (exact) mass is 282 g/mol. The van der Waals surface area contributed by atoms with Crippen LogP contribution in [0.4, 0.5) is 0 Å². The van der Waals surface area contributed by atoms with E-state index >= 15 is 0 Å². The van der Waals surface area contributed by atoms with Crippen LogP contribution in [0.25, 0.3) is 11.3 Å². The molecular formula is C16H14N2O3. The lowest BCUT2D eigenvalue weighted by Gasteiger charge is -2.10. The van der Waals surface area contributed by atoms with Crippen LogP contribution in [0.2, 0.25) is 0 Å². The van der Waals surface area contributed by atoms with Crippen molar-refractivity contribution in [2.75, 3.05) is 6.61 Å². The molecule has 5 heteroatoms. The van der Waals surface area contributed by atoms with E-state index in [0.717, 1.165) is 11.3 Å². The third-order valence-corrected chi connectivity index (χ3v) is 3.03. The lowest BCUT2D eigenvalue weighted by atomic mass is 10.1. The molecule has 21 heavy (non-hydrogen) atoms. The summed E-state index contributed by atoms with van der Waals surface area (Å²) in [4.78, 5) is 10.7. The molecule has 0 atom stereocenters. The van der Waals surface area contributed by atoms with Gasteiger partial charge in [-0.25, -0.2) is 0 Å². The van der Waals surface area contributed by atoms with Crippen molar-refractivity contribution in [3.63, 3.8) is 0 Å². The zero-order valence-electron chi connectivity index (χ0n) is 11.3. The van der Waals surface area contributed by atoms with Crippen molar-refractivity contribution in [2.45, 2.75) is 6.54 Å². The van der Waals surface area contributed by atoms with Crippen LogP contribution < -0.4 is 4.74 Å². The predicted molar refractivity (Wildman–Crippen MR) is 77.3 cm³/mol. The predicted octanol–water partition coefficient (Wildman–Crippen LogP) is 3.03. The molecule has 0 aliphatic heterocycles. The molecule has 2 heterocycles. The fraction of sp³-hybridized carbons (Fsp3) is 0.125.